The second-order valence-electron chi connectivity index (χ2n) is 25.4. The number of fused-ring (bicyclic) bond motifs is 7. The number of H-pyrrole nitrogens is 3. The Morgan fingerprint density at radius 3 is 1.04 bits per heavy atom. The summed E-state index contributed by atoms with van der Waals surface area (Å²) in [6, 6.07) is 23.3. The van der Waals surface area contributed by atoms with Crippen LogP contribution in [0.1, 0.15) is 119 Å². The monoisotopic (exact) mass is 4510 g/mol. The molecular formula is C79H62Br4F4I20N10O19S4-2. The predicted octanol–water partition coefficient (Wildman–Crippen LogP) is 28.9. The average Bonchev–Trinajstić information content (AvgIpc) is 1.60. The van der Waals surface area contributed by atoms with Crippen molar-refractivity contribution in [1.29, 1.82) is 0 Å². The molecule has 0 radical (unpaired) electrons. The normalized spacial score (nSPS) is 11.6. The number of nitrogens with two attached hydrogens (primary N) is 4. The molecule has 29 nitrogen and oxygen atoms in total. The zero-order chi connectivity index (χ0) is 103. The van der Waals surface area contributed by atoms with Crippen LogP contribution < -0.4 is 68.4 Å². The number of benzene rings is 8. The van der Waals surface area contributed by atoms with Gasteiger partial charge in [0, 0.05) is 45.0 Å². The van der Waals surface area contributed by atoms with Crippen molar-refractivity contribution in [2.45, 2.75) is 28.2 Å². The fourth-order valence-corrected chi connectivity index (χ4v) is 1910. The summed E-state index contributed by atoms with van der Waals surface area (Å²) >= 11 is 49.8. The number of rotatable bonds is 26. The van der Waals surface area contributed by atoms with Gasteiger partial charge in [0.05, 0.1) is 123 Å². The van der Waals surface area contributed by atoms with Gasteiger partial charge < -0.3 is 86.4 Å². The van der Waals surface area contributed by atoms with Crippen LogP contribution in [0.3, 0.4) is 0 Å². The summed E-state index contributed by atoms with van der Waals surface area (Å²) in [5, 5.41) is 29.6. The minimum absolute atomic E-state index is 0. The molecule has 8 aromatic carbocycles. The Balaban J connectivity index is 0.000000208. The molecule has 764 valence electrons. The summed E-state index contributed by atoms with van der Waals surface area (Å²) in [6.45, 7) is 5.58. The maximum atomic E-state index is 14.5. The van der Waals surface area contributed by atoms with E-state index in [1.807, 2.05) is 0 Å². The number of halogens is 28. The fourth-order valence-electron chi connectivity index (χ4n) is 12.3. The molecule has 7 aromatic heterocycles. The number of carbonyl (C=O) groups is 9. The Morgan fingerprint density at radius 1 is 0.429 bits per heavy atom. The number of aromatic carboxylic acids is 3. The van der Waals surface area contributed by atoms with E-state index < -0.39 is 78.8 Å². The molecule has 0 spiro atoms. The zero-order valence-corrected chi connectivity index (χ0v) is 122. The molecular weight excluding hydrogens is 4450 g/mol. The summed E-state index contributed by atoms with van der Waals surface area (Å²) in [6.07, 6.45) is 0.551. The molecule has 140 heavy (non-hydrogen) atoms. The number of nitrogens with zero attached hydrogens (tertiary/aromatic N) is 3. The number of aromatic amines is 3. The van der Waals surface area contributed by atoms with Crippen LogP contribution in [0.2, 0.25) is 0 Å². The molecule has 61 heteroatoms. The summed E-state index contributed by atoms with van der Waals surface area (Å²) in [5.41, 5.74) is 26.3. The van der Waals surface area contributed by atoms with Crippen molar-refractivity contribution in [3.8, 4) is 57.2 Å². The van der Waals surface area contributed by atoms with Crippen LogP contribution in [0.25, 0.3) is 108 Å². The summed E-state index contributed by atoms with van der Waals surface area (Å²) in [7, 11) is 3.23. The second kappa shape index (κ2) is 60.1. The number of methoxy groups -OCH3 is 4. The molecule has 7 heterocycles. The number of carboxylic acid groups (broad SMARTS) is 3. The Bertz CT molecular complexity index is 7040. The molecule has 14 N–H and O–H groups in total. The number of hydrogen-bond donors (Lipinski definition) is 10. The molecule has 0 saturated carbocycles. The van der Waals surface area contributed by atoms with E-state index in [9.17, 15) is 70.9 Å². The fraction of sp³-hybridized carbons (Fsp3) is 0.139. The summed E-state index contributed by atoms with van der Waals surface area (Å²) < 4.78 is 96.3. The Morgan fingerprint density at radius 2 is 0.729 bits per heavy atom. The van der Waals surface area contributed by atoms with E-state index in [4.69, 9.17) is 61.2 Å². The van der Waals surface area contributed by atoms with Crippen LogP contribution in [-0.2, 0) is 14.2 Å². The van der Waals surface area contributed by atoms with Gasteiger partial charge in [-0.2, -0.15) is 0 Å². The number of imidazole rings is 3. The molecule has 0 unspecified atom stereocenters. The van der Waals surface area contributed by atoms with Crippen LogP contribution in [0.5, 0.6) is 23.0 Å². The van der Waals surface area contributed by atoms with E-state index in [1.165, 1.54) is 95.2 Å². The van der Waals surface area contributed by atoms with E-state index in [0.717, 1.165) is 45.3 Å². The van der Waals surface area contributed by atoms with Gasteiger partial charge in [0.1, 0.15) is 87.9 Å². The maximum absolute atomic E-state index is 14.5. The summed E-state index contributed by atoms with van der Waals surface area (Å²) in [5.74, 6) is -7.12. The number of nitrogen functional groups attached to an aromatic ring is 2. The number of carboxylic acids is 3. The molecule has 0 atom stereocenters. The predicted molar refractivity (Wildman–Crippen MR) is 715 cm³/mol. The number of amides is 2. The first-order valence-corrected chi connectivity index (χ1v) is 156. The van der Waals surface area contributed by atoms with E-state index in [1.54, 1.807) is 51.1 Å². The topological polar surface area (TPSA) is 469 Å². The molecule has 0 fully saturated rings. The number of anilines is 2. The SMILES string of the molecule is C.CCOC(=O)c1sc2c(F)ccc(Br)c2c1-c1nc2c(OC)c(C(=O)O)ccc2[nH]1.CCOC(=O)c1sc2c(F)ccc(Br)c2c1-c1nc2c(OC)c(C(N)=O)ccc2[nH]1.CCOC(=O)c1sc2c(F)ccc(Br)c2c1C=O.COc1c(C(=O)O)ccc(N)c1N.COc1c(C(N)=O)ccc2[nH]c(-c3c(C(=O)O)sc4c(F)ccc(Br)c34)nc12.I[I-]I(I)I.I[I-]I(I)I(I)I(I)I(I)I(I)I(I)I. The van der Waals surface area contributed by atoms with E-state index >= 15 is 0 Å². The van der Waals surface area contributed by atoms with Gasteiger partial charge in [0.15, 0.2) is 29.3 Å². The van der Waals surface area contributed by atoms with Crippen LogP contribution >= 0.6 is 369 Å². The standard InChI is InChI=1S/C20H15BrFN3O4S.C20H14BrFN2O5S.C18H11BrFN3O4S.C12H8BrFO3S.C8H10N2O3.CH4.I15.I5/c1-3-29-20(27)17-13(12-9(21)5-6-10(22)16(12)30-17)19-24-11-7-4-8(18(23)26)15(28-2)14(11)25-19;1-3-29-20(27)17-13(12-9(21)5-6-10(22)16(12)30-17)18-23-11-7-4-8(19(25)26)15(28-2)14(11)24-18;1-27-13-6(16(21)24)2-5-9-12(13)23-17(22-9)11-10-7(19)3-4-8(20)14(10)28-15(11)18(25)26;1-2-17-12(16)10-6(5-15)9-7(13)3-4-8(14)11(9)18-10;1-13-7-4(8(11)12)2-3-5(9)6(7)10;;1-9-11(4)13(6)15(8)14(7)12(5)10(2)3;1-4-5(2)3/h4-7H,3H2,1-2H3,(H2,23,26)(H,24,25);4-7H,3H2,1-2H3,(H,23,24)(H,25,26);2-5H,1H3,(H2,21,24)(H,22,23)(H,25,26);3-5H,2H2,1H3;2-3H,9-10H2,1H3,(H,11,12);1H4;;/q;;;;;;2*-1. The van der Waals surface area contributed by atoms with Crippen molar-refractivity contribution in [2.24, 2.45) is 11.5 Å². The Hall–Kier alpha value is 2.48. The van der Waals surface area contributed by atoms with E-state index in [-0.39, 0.29) is 187 Å². The van der Waals surface area contributed by atoms with Gasteiger partial charge in [-0.25, -0.2) is 61.3 Å². The molecule has 2 amide bonds. The average molecular weight is 4520 g/mol. The second-order valence-corrected chi connectivity index (χ2v) is 407. The van der Waals surface area contributed by atoms with Gasteiger partial charge in [-0.1, -0.05) is 71.1 Å². The van der Waals surface area contributed by atoms with Gasteiger partial charge in [-0.3, -0.25) is 14.4 Å². The van der Waals surface area contributed by atoms with Gasteiger partial charge in [-0.05, 0) is 118 Å². The molecule has 0 saturated heterocycles. The number of nitrogens with one attached hydrogen (secondary N) is 3. The zero-order valence-electron chi connectivity index (χ0n) is 69.7. The van der Waals surface area contributed by atoms with Crippen molar-refractivity contribution in [3.63, 3.8) is 0 Å². The number of primary amides is 2. The number of carbonyl (C=O) groups excluding carboxylic acids is 6. The Kier molecular flexibility index (Phi) is 54.8. The third-order valence-electron chi connectivity index (χ3n) is 17.8. The van der Waals surface area contributed by atoms with Crippen molar-refractivity contribution < 1.29 is 136 Å². The van der Waals surface area contributed by atoms with Crippen molar-refractivity contribution >= 4 is 508 Å². The number of aromatic nitrogens is 6. The Labute approximate surface area is 993 Å². The molecule has 0 bridgehead atoms. The third kappa shape index (κ3) is 30.9. The summed E-state index contributed by atoms with van der Waals surface area (Å²) in [4.78, 5) is 129. The molecule has 15 aromatic rings. The van der Waals surface area contributed by atoms with Crippen molar-refractivity contribution in [2.75, 3.05) is 59.7 Å². The molecule has 0 aliphatic rings. The first-order valence-electron chi connectivity index (χ1n) is 36.6. The quantitative estimate of drug-likeness (QED) is 0.00601. The van der Waals surface area contributed by atoms with E-state index in [0.29, 0.717) is 127 Å². The number of ether oxygens (including phenoxy) is 7. The van der Waals surface area contributed by atoms with Gasteiger partial charge in [-0.15, -0.1) is 45.3 Å². The van der Waals surface area contributed by atoms with Crippen LogP contribution in [0.4, 0.5) is 28.9 Å². The molecule has 15 rings (SSSR count). The van der Waals surface area contributed by atoms with Crippen LogP contribution in [0.15, 0.2) is 115 Å². The van der Waals surface area contributed by atoms with Crippen molar-refractivity contribution in [1.82, 2.24) is 29.9 Å². The van der Waals surface area contributed by atoms with Gasteiger partial charge in [0.25, 0.3) is 11.8 Å². The van der Waals surface area contributed by atoms with Crippen LogP contribution in [-0.4, -0.2) is 147 Å². The molecule has 0 aliphatic carbocycles. The van der Waals surface area contributed by atoms with Gasteiger partial charge in [0.2, 0.25) is 0 Å². The number of esters is 3. The third-order valence-corrected chi connectivity index (χ3v) is 1020. The number of aldehydes is 1. The first-order chi connectivity index (χ1) is 65.8. The first kappa shape index (κ1) is 128. The van der Waals surface area contributed by atoms with Gasteiger partial charge >= 0.3 is 322 Å². The molecule has 0 aliphatic heterocycles. The van der Waals surface area contributed by atoms with E-state index in [2.05, 4.69) is 298 Å². The number of hydrogen-bond acceptors (Lipinski definition) is 25. The number of thiophene rings is 4. The van der Waals surface area contributed by atoms with Crippen molar-refractivity contribution in [3.05, 3.63) is 186 Å². The van der Waals surface area contributed by atoms with Crippen LogP contribution in [0, 0.1) is 23.3 Å². The minimum atomic E-state index is -1.20.